The first-order valence-corrected chi connectivity index (χ1v) is 9.86. The van der Waals surface area contributed by atoms with Crippen LogP contribution in [0.1, 0.15) is 22.4 Å². The van der Waals surface area contributed by atoms with Gasteiger partial charge in [0.25, 0.3) is 0 Å². The van der Waals surface area contributed by atoms with Crippen molar-refractivity contribution in [3.8, 4) is 0 Å². The van der Waals surface area contributed by atoms with Gasteiger partial charge in [-0.05, 0) is 47.2 Å². The highest BCUT2D eigenvalue weighted by Crippen LogP contribution is 2.31. The van der Waals surface area contributed by atoms with Gasteiger partial charge in [-0.25, -0.2) is 0 Å². The summed E-state index contributed by atoms with van der Waals surface area (Å²) in [6.45, 7) is 0.566. The molecule has 2 heterocycles. The van der Waals surface area contributed by atoms with Crippen LogP contribution in [0, 0.1) is 0 Å². The van der Waals surface area contributed by atoms with Gasteiger partial charge in [-0.1, -0.05) is 36.4 Å². The molecule has 0 bridgehead atoms. The molecule has 4 rings (SSSR count). The number of amides is 2. The molecule has 1 N–H and O–H groups in total. The van der Waals surface area contributed by atoms with Crippen molar-refractivity contribution in [3.05, 3.63) is 82.0 Å². The molecule has 0 radical (unpaired) electrons. The van der Waals surface area contributed by atoms with Gasteiger partial charge in [0.2, 0.25) is 11.8 Å². The van der Waals surface area contributed by atoms with E-state index in [2.05, 4.69) is 5.32 Å². The Labute approximate surface area is 162 Å². The molecule has 0 aliphatic carbocycles. The van der Waals surface area contributed by atoms with Crippen molar-refractivity contribution in [1.29, 1.82) is 0 Å². The first kappa shape index (κ1) is 17.5. The molecule has 27 heavy (non-hydrogen) atoms. The number of carbonyl (C=O) groups excluding carboxylic acids is 2. The number of rotatable bonds is 5. The van der Waals surface area contributed by atoms with E-state index in [1.807, 2.05) is 70.9 Å². The van der Waals surface area contributed by atoms with Gasteiger partial charge in [-0.15, -0.1) is 11.3 Å². The molecule has 1 aliphatic heterocycles. The largest absolute Gasteiger partial charge is 0.326 e. The lowest BCUT2D eigenvalue weighted by Crippen LogP contribution is -2.34. The third-order valence-corrected chi connectivity index (χ3v) is 5.54. The molecule has 0 saturated heterocycles. The Hall–Kier alpha value is -2.92. The second-order valence-electron chi connectivity index (χ2n) is 6.61. The molecule has 136 valence electrons. The van der Waals surface area contributed by atoms with Crippen molar-refractivity contribution < 1.29 is 9.59 Å². The average Bonchev–Trinajstić information content (AvgIpc) is 3.18. The number of carbonyl (C=O) groups is 2. The van der Waals surface area contributed by atoms with Crippen LogP contribution < -0.4 is 10.2 Å². The molecule has 2 aromatic carbocycles. The highest BCUT2D eigenvalue weighted by Gasteiger charge is 2.24. The van der Waals surface area contributed by atoms with Gasteiger partial charge in [0, 0.05) is 22.7 Å². The molecule has 4 nitrogen and oxygen atoms in total. The summed E-state index contributed by atoms with van der Waals surface area (Å²) in [6, 6.07) is 19.7. The van der Waals surface area contributed by atoms with Crippen LogP contribution in [0.5, 0.6) is 0 Å². The zero-order valence-corrected chi connectivity index (χ0v) is 15.7. The Morgan fingerprint density at radius 2 is 1.89 bits per heavy atom. The molecule has 2 amide bonds. The third-order valence-electron chi connectivity index (χ3n) is 4.66. The Morgan fingerprint density at radius 3 is 2.67 bits per heavy atom. The van der Waals surface area contributed by atoms with Gasteiger partial charge in [-0.3, -0.25) is 9.59 Å². The van der Waals surface area contributed by atoms with Gasteiger partial charge in [-0.2, -0.15) is 0 Å². The molecule has 0 fully saturated rings. The zero-order valence-electron chi connectivity index (χ0n) is 14.9. The molecule has 1 aliphatic rings. The Kier molecular flexibility index (Phi) is 5.03. The Morgan fingerprint density at radius 1 is 1.04 bits per heavy atom. The number of aryl methyl sites for hydroxylation is 1. The monoisotopic (exact) mass is 376 g/mol. The summed E-state index contributed by atoms with van der Waals surface area (Å²) in [5.74, 6) is 0.117. The molecule has 0 spiro atoms. The number of fused-ring (bicyclic) bond motifs is 1. The van der Waals surface area contributed by atoms with Crippen molar-refractivity contribution >= 4 is 34.5 Å². The summed E-state index contributed by atoms with van der Waals surface area (Å²) in [4.78, 5) is 27.6. The summed E-state index contributed by atoms with van der Waals surface area (Å²) in [6.07, 6.45) is 1.58. The minimum absolute atomic E-state index is 0.0228. The van der Waals surface area contributed by atoms with E-state index in [1.54, 1.807) is 11.3 Å². The maximum absolute atomic E-state index is 12.5. The lowest BCUT2D eigenvalue weighted by Gasteiger charge is -2.30. The minimum atomic E-state index is -0.0228. The Bertz CT molecular complexity index is 952. The summed E-state index contributed by atoms with van der Waals surface area (Å²) in [5, 5.41) is 4.94. The van der Waals surface area contributed by atoms with Gasteiger partial charge in [0.1, 0.15) is 0 Å². The van der Waals surface area contributed by atoms with Crippen molar-refractivity contribution in [2.45, 2.75) is 25.8 Å². The van der Waals surface area contributed by atoms with Crippen LogP contribution in [0.2, 0.25) is 0 Å². The van der Waals surface area contributed by atoms with Crippen molar-refractivity contribution in [3.63, 3.8) is 0 Å². The predicted molar refractivity (Wildman–Crippen MR) is 109 cm³/mol. The van der Waals surface area contributed by atoms with E-state index in [1.165, 1.54) is 0 Å². The second-order valence-corrected chi connectivity index (χ2v) is 7.65. The number of thiophene rings is 1. The summed E-state index contributed by atoms with van der Waals surface area (Å²) < 4.78 is 0. The predicted octanol–water partition coefficient (Wildman–Crippen LogP) is 4.41. The van der Waals surface area contributed by atoms with Gasteiger partial charge in [0.15, 0.2) is 0 Å². The van der Waals surface area contributed by atoms with Gasteiger partial charge >= 0.3 is 0 Å². The standard InChI is InChI=1S/C22H20N2O2S/c25-21(14-19-7-4-12-27-19)23-18-9-10-20-17(13-18)8-11-22(26)24(20)15-16-5-2-1-3-6-16/h1-7,9-10,12-13H,8,11,14-15H2,(H,23,25). The van der Waals surface area contributed by atoms with Crippen LogP contribution >= 0.6 is 11.3 Å². The van der Waals surface area contributed by atoms with E-state index in [0.717, 1.165) is 27.4 Å². The fourth-order valence-corrected chi connectivity index (χ4v) is 4.06. The van der Waals surface area contributed by atoms with E-state index in [4.69, 9.17) is 0 Å². The lowest BCUT2D eigenvalue weighted by atomic mass is 9.99. The zero-order chi connectivity index (χ0) is 18.6. The third kappa shape index (κ3) is 4.09. The number of hydrogen-bond donors (Lipinski definition) is 1. The van der Waals surface area contributed by atoms with Gasteiger partial charge < -0.3 is 10.2 Å². The number of nitrogens with one attached hydrogen (secondary N) is 1. The topological polar surface area (TPSA) is 49.4 Å². The SMILES string of the molecule is O=C(Cc1cccs1)Nc1ccc2c(c1)CCC(=O)N2Cc1ccccc1. The maximum Gasteiger partial charge on any atom is 0.229 e. The summed E-state index contributed by atoms with van der Waals surface area (Å²) in [7, 11) is 0. The van der Waals surface area contributed by atoms with Crippen LogP contribution in [0.3, 0.4) is 0 Å². The Balaban J connectivity index is 1.51. The number of hydrogen-bond acceptors (Lipinski definition) is 3. The molecule has 0 saturated carbocycles. The molecule has 0 unspecified atom stereocenters. The minimum Gasteiger partial charge on any atom is -0.326 e. The molecule has 0 atom stereocenters. The highest BCUT2D eigenvalue weighted by atomic mass is 32.1. The normalized spacial score (nSPS) is 13.3. The highest BCUT2D eigenvalue weighted by molar-refractivity contribution is 7.10. The fourth-order valence-electron chi connectivity index (χ4n) is 3.35. The van der Waals surface area contributed by atoms with E-state index < -0.39 is 0 Å². The molecule has 5 heteroatoms. The van der Waals surface area contributed by atoms with Crippen molar-refractivity contribution in [1.82, 2.24) is 0 Å². The van der Waals surface area contributed by atoms with E-state index in [9.17, 15) is 9.59 Å². The second kappa shape index (κ2) is 7.76. The van der Waals surface area contributed by atoms with E-state index >= 15 is 0 Å². The lowest BCUT2D eigenvalue weighted by molar-refractivity contribution is -0.119. The van der Waals surface area contributed by atoms with Crippen molar-refractivity contribution in [2.24, 2.45) is 0 Å². The van der Waals surface area contributed by atoms with Crippen LogP contribution in [0.25, 0.3) is 0 Å². The summed E-state index contributed by atoms with van der Waals surface area (Å²) in [5.41, 5.74) is 3.92. The quantitative estimate of drug-likeness (QED) is 0.717. The maximum atomic E-state index is 12.5. The molecule has 3 aromatic rings. The molecular weight excluding hydrogens is 356 g/mol. The number of anilines is 2. The molecular formula is C22H20N2O2S. The van der Waals surface area contributed by atoms with Gasteiger partial charge in [0.05, 0.1) is 13.0 Å². The van der Waals surface area contributed by atoms with Crippen LogP contribution in [0.4, 0.5) is 11.4 Å². The van der Waals surface area contributed by atoms with E-state index in [-0.39, 0.29) is 11.8 Å². The van der Waals surface area contributed by atoms with Crippen LogP contribution in [0.15, 0.2) is 66.0 Å². The fraction of sp³-hybridized carbons (Fsp3) is 0.182. The smallest absolute Gasteiger partial charge is 0.229 e. The first-order chi connectivity index (χ1) is 13.2. The van der Waals surface area contributed by atoms with Crippen molar-refractivity contribution in [2.75, 3.05) is 10.2 Å². The first-order valence-electron chi connectivity index (χ1n) is 8.98. The number of benzene rings is 2. The average molecular weight is 376 g/mol. The number of nitrogens with zero attached hydrogens (tertiary/aromatic N) is 1. The summed E-state index contributed by atoms with van der Waals surface area (Å²) >= 11 is 1.58. The molecule has 1 aromatic heterocycles. The van der Waals surface area contributed by atoms with Crippen LogP contribution in [-0.2, 0) is 29.0 Å². The van der Waals surface area contributed by atoms with Crippen LogP contribution in [-0.4, -0.2) is 11.8 Å². The van der Waals surface area contributed by atoms with E-state index in [0.29, 0.717) is 25.8 Å².